The molecule has 0 aliphatic heterocycles. The Morgan fingerprint density at radius 2 is 2.23 bits per heavy atom. The molecule has 6 heteroatoms. The Morgan fingerprint density at radius 1 is 1.41 bits per heavy atom. The van der Waals surface area contributed by atoms with Crippen molar-refractivity contribution in [3.05, 3.63) is 40.5 Å². The van der Waals surface area contributed by atoms with E-state index in [1.165, 1.54) is 12.8 Å². The highest BCUT2D eigenvalue weighted by Gasteiger charge is 2.20. The maximum atomic E-state index is 12.1. The van der Waals surface area contributed by atoms with E-state index in [0.717, 1.165) is 28.3 Å². The lowest BCUT2D eigenvalue weighted by Gasteiger charge is -2.09. The Kier molecular flexibility index (Phi) is 4.59. The van der Waals surface area contributed by atoms with Gasteiger partial charge < -0.3 is 10.6 Å². The third-order valence-electron chi connectivity index (χ3n) is 3.57. The zero-order chi connectivity index (χ0) is 15.5. The van der Waals surface area contributed by atoms with Crippen molar-refractivity contribution in [2.24, 2.45) is 5.92 Å². The van der Waals surface area contributed by atoms with Crippen molar-refractivity contribution in [1.29, 1.82) is 0 Å². The number of hydrogen-bond acceptors (Lipinski definition) is 3. The number of aromatic nitrogens is 2. The van der Waals surface area contributed by atoms with Crippen LogP contribution in [0.3, 0.4) is 0 Å². The Balaban J connectivity index is 1.69. The number of anilines is 1. The van der Waals surface area contributed by atoms with Crippen LogP contribution in [-0.2, 0) is 4.79 Å². The molecule has 116 valence electrons. The number of nitrogens with one attached hydrogen (secondary N) is 2. The predicted octanol–water partition coefficient (Wildman–Crippen LogP) is 2.88. The summed E-state index contributed by atoms with van der Waals surface area (Å²) in [5.74, 6) is 1.41. The molecule has 1 amide bonds. The average molecular weight is 363 g/mol. The van der Waals surface area contributed by atoms with E-state index in [2.05, 4.69) is 31.7 Å². The van der Waals surface area contributed by atoms with E-state index in [-0.39, 0.29) is 5.91 Å². The van der Waals surface area contributed by atoms with Crippen LogP contribution in [0.1, 0.15) is 18.5 Å². The first kappa shape index (κ1) is 15.2. The minimum atomic E-state index is -0.0446. The Hall–Kier alpha value is -1.66. The lowest BCUT2D eigenvalue weighted by molar-refractivity contribution is -0.115. The van der Waals surface area contributed by atoms with Crippen LogP contribution in [-0.4, -0.2) is 28.8 Å². The number of hydrogen-bond donors (Lipinski definition) is 2. The number of aryl methyl sites for hydroxylation is 1. The third kappa shape index (κ3) is 3.96. The van der Waals surface area contributed by atoms with Crippen molar-refractivity contribution >= 4 is 27.7 Å². The topological polar surface area (TPSA) is 59.0 Å². The molecule has 0 bridgehead atoms. The largest absolute Gasteiger partial charge is 0.309 e. The Bertz CT molecular complexity index is 679. The van der Waals surface area contributed by atoms with Gasteiger partial charge >= 0.3 is 0 Å². The monoisotopic (exact) mass is 362 g/mol. The highest BCUT2D eigenvalue weighted by atomic mass is 79.9. The van der Waals surface area contributed by atoms with Crippen LogP contribution in [0.15, 0.2) is 34.8 Å². The zero-order valence-corrected chi connectivity index (χ0v) is 14.1. The predicted molar refractivity (Wildman–Crippen MR) is 90.2 cm³/mol. The first-order valence-corrected chi connectivity index (χ1v) is 8.24. The van der Waals surface area contributed by atoms with Crippen molar-refractivity contribution in [1.82, 2.24) is 15.1 Å². The van der Waals surface area contributed by atoms with Crippen LogP contribution < -0.4 is 10.6 Å². The fourth-order valence-corrected chi connectivity index (χ4v) is 2.68. The van der Waals surface area contributed by atoms with Crippen molar-refractivity contribution in [2.45, 2.75) is 19.8 Å². The molecule has 1 aromatic carbocycles. The highest BCUT2D eigenvalue weighted by Crippen LogP contribution is 2.27. The number of amides is 1. The average Bonchev–Trinajstić information content (AvgIpc) is 3.21. The van der Waals surface area contributed by atoms with E-state index in [0.29, 0.717) is 12.4 Å². The van der Waals surface area contributed by atoms with Gasteiger partial charge in [0.2, 0.25) is 5.91 Å². The van der Waals surface area contributed by atoms with Crippen LogP contribution in [0.25, 0.3) is 5.69 Å². The van der Waals surface area contributed by atoms with Gasteiger partial charge in [-0.3, -0.25) is 4.79 Å². The Labute approximate surface area is 138 Å². The maximum Gasteiger partial charge on any atom is 0.239 e. The van der Waals surface area contributed by atoms with Gasteiger partial charge in [0.25, 0.3) is 0 Å². The van der Waals surface area contributed by atoms with Crippen molar-refractivity contribution < 1.29 is 4.79 Å². The standard InChI is InChI=1S/C16H19BrN4O/c1-11-7-15(19-16(22)10-18-9-12-5-6-12)21(20-11)14-4-2-3-13(17)8-14/h2-4,7-8,12,18H,5-6,9-10H2,1H3,(H,19,22). The molecule has 1 fully saturated rings. The van der Waals surface area contributed by atoms with E-state index in [1.54, 1.807) is 4.68 Å². The molecule has 3 rings (SSSR count). The molecule has 0 radical (unpaired) electrons. The molecule has 1 aliphatic rings. The second kappa shape index (κ2) is 6.62. The van der Waals surface area contributed by atoms with Gasteiger partial charge in [-0.05, 0) is 50.4 Å². The molecular formula is C16H19BrN4O. The van der Waals surface area contributed by atoms with Crippen molar-refractivity contribution in [3.63, 3.8) is 0 Å². The van der Waals surface area contributed by atoms with Crippen LogP contribution in [0.4, 0.5) is 5.82 Å². The minimum absolute atomic E-state index is 0.0446. The molecule has 1 aliphatic carbocycles. The lowest BCUT2D eigenvalue weighted by atomic mass is 10.3. The molecule has 5 nitrogen and oxygen atoms in total. The van der Waals surface area contributed by atoms with Crippen LogP contribution >= 0.6 is 15.9 Å². The molecule has 1 heterocycles. The van der Waals surface area contributed by atoms with E-state index in [1.807, 2.05) is 37.3 Å². The number of benzene rings is 1. The summed E-state index contributed by atoms with van der Waals surface area (Å²) < 4.78 is 2.72. The molecular weight excluding hydrogens is 344 g/mol. The zero-order valence-electron chi connectivity index (χ0n) is 12.5. The van der Waals surface area contributed by atoms with Gasteiger partial charge in [0.15, 0.2) is 0 Å². The molecule has 0 unspecified atom stereocenters. The first-order valence-electron chi connectivity index (χ1n) is 7.45. The fourth-order valence-electron chi connectivity index (χ4n) is 2.29. The van der Waals surface area contributed by atoms with Crippen molar-refractivity contribution in [2.75, 3.05) is 18.4 Å². The number of nitrogens with zero attached hydrogens (tertiary/aromatic N) is 2. The smallest absolute Gasteiger partial charge is 0.239 e. The Morgan fingerprint density at radius 3 is 2.95 bits per heavy atom. The van der Waals surface area contributed by atoms with Gasteiger partial charge in [-0.15, -0.1) is 0 Å². The summed E-state index contributed by atoms with van der Waals surface area (Å²) in [6.45, 7) is 3.17. The first-order chi connectivity index (χ1) is 10.6. The molecule has 1 saturated carbocycles. The van der Waals surface area contributed by atoms with Gasteiger partial charge in [0.1, 0.15) is 5.82 Å². The van der Waals surface area contributed by atoms with E-state index >= 15 is 0 Å². The second-order valence-electron chi connectivity index (χ2n) is 5.69. The van der Waals surface area contributed by atoms with Gasteiger partial charge in [-0.2, -0.15) is 5.10 Å². The molecule has 0 atom stereocenters. The molecule has 2 N–H and O–H groups in total. The van der Waals surface area contributed by atoms with Crippen LogP contribution in [0, 0.1) is 12.8 Å². The summed E-state index contributed by atoms with van der Waals surface area (Å²) in [5.41, 5.74) is 1.77. The quantitative estimate of drug-likeness (QED) is 0.830. The second-order valence-corrected chi connectivity index (χ2v) is 6.60. The van der Waals surface area contributed by atoms with E-state index in [4.69, 9.17) is 0 Å². The highest BCUT2D eigenvalue weighted by molar-refractivity contribution is 9.10. The summed E-state index contributed by atoms with van der Waals surface area (Å²) in [5, 5.41) is 10.6. The van der Waals surface area contributed by atoms with Gasteiger partial charge in [-0.1, -0.05) is 22.0 Å². The maximum absolute atomic E-state index is 12.1. The van der Waals surface area contributed by atoms with Gasteiger partial charge in [-0.25, -0.2) is 4.68 Å². The molecule has 0 spiro atoms. The minimum Gasteiger partial charge on any atom is -0.309 e. The molecule has 1 aromatic heterocycles. The van der Waals surface area contributed by atoms with E-state index < -0.39 is 0 Å². The lowest BCUT2D eigenvalue weighted by Crippen LogP contribution is -2.30. The number of carbonyl (C=O) groups is 1. The summed E-state index contributed by atoms with van der Waals surface area (Å²) in [6, 6.07) is 9.70. The van der Waals surface area contributed by atoms with Gasteiger partial charge in [0.05, 0.1) is 17.9 Å². The van der Waals surface area contributed by atoms with Crippen LogP contribution in [0.2, 0.25) is 0 Å². The molecule has 22 heavy (non-hydrogen) atoms. The SMILES string of the molecule is Cc1cc(NC(=O)CNCC2CC2)n(-c2cccc(Br)c2)n1. The fraction of sp³-hybridized carbons (Fsp3) is 0.375. The van der Waals surface area contributed by atoms with Crippen molar-refractivity contribution in [3.8, 4) is 5.69 Å². The summed E-state index contributed by atoms with van der Waals surface area (Å²) in [6.07, 6.45) is 2.56. The molecule has 0 saturated heterocycles. The van der Waals surface area contributed by atoms with E-state index in [9.17, 15) is 4.79 Å². The summed E-state index contributed by atoms with van der Waals surface area (Å²) >= 11 is 3.46. The van der Waals surface area contributed by atoms with Crippen LogP contribution in [0.5, 0.6) is 0 Å². The number of rotatable bonds is 6. The summed E-state index contributed by atoms with van der Waals surface area (Å²) in [4.78, 5) is 12.1. The summed E-state index contributed by atoms with van der Waals surface area (Å²) in [7, 11) is 0. The third-order valence-corrected chi connectivity index (χ3v) is 4.06. The van der Waals surface area contributed by atoms with Gasteiger partial charge in [0, 0.05) is 10.5 Å². The number of halogens is 1. The number of carbonyl (C=O) groups excluding carboxylic acids is 1. The normalized spacial score (nSPS) is 14.1. The molecule has 2 aromatic rings.